The van der Waals surface area contributed by atoms with Crippen molar-refractivity contribution in [2.24, 2.45) is 0 Å². The van der Waals surface area contributed by atoms with Crippen LogP contribution >= 0.6 is 0 Å². The number of allylic oxidation sites excluding steroid dienone is 1. The molecule has 0 fully saturated rings. The Morgan fingerprint density at radius 3 is 2.32 bits per heavy atom. The topological polar surface area (TPSA) is 81.4 Å². The first kappa shape index (κ1) is 24.7. The third-order valence-electron chi connectivity index (χ3n) is 6.85. The highest BCUT2D eigenvalue weighted by Gasteiger charge is 2.22. The Hall–Kier alpha value is -4.95. The molecule has 1 amide bonds. The second-order valence-electron chi connectivity index (χ2n) is 9.30. The van der Waals surface area contributed by atoms with E-state index in [0.717, 1.165) is 51.8 Å². The molecular formula is C33H26N2O3. The zero-order valence-corrected chi connectivity index (χ0v) is 20.8. The average Bonchev–Trinajstić information content (AvgIpc) is 3.09. The SMILES string of the molecule is N#C/C=C1\c2ccccc2CCc2cc(CN(C(=O)CC(=O)O)c3cccc(-c4ccccc4)c3)ccc21. The number of nitriles is 1. The van der Waals surface area contributed by atoms with Crippen molar-refractivity contribution in [3.05, 3.63) is 131 Å². The number of amides is 1. The maximum Gasteiger partial charge on any atom is 0.312 e. The highest BCUT2D eigenvalue weighted by molar-refractivity contribution is 6.03. The van der Waals surface area contributed by atoms with Gasteiger partial charge in [0.05, 0.1) is 12.6 Å². The second kappa shape index (κ2) is 11.0. The summed E-state index contributed by atoms with van der Waals surface area (Å²) in [6.45, 7) is 0.238. The Labute approximate surface area is 221 Å². The van der Waals surface area contributed by atoms with E-state index in [1.165, 1.54) is 5.56 Å². The quantitative estimate of drug-likeness (QED) is 0.246. The van der Waals surface area contributed by atoms with Crippen molar-refractivity contribution in [2.75, 3.05) is 4.90 Å². The molecule has 0 heterocycles. The second-order valence-corrected chi connectivity index (χ2v) is 9.30. The number of carbonyl (C=O) groups is 2. The van der Waals surface area contributed by atoms with E-state index in [1.807, 2.05) is 84.9 Å². The third-order valence-corrected chi connectivity index (χ3v) is 6.85. The fraction of sp³-hybridized carbons (Fsp3) is 0.121. The van der Waals surface area contributed by atoms with Crippen LogP contribution in [0.5, 0.6) is 0 Å². The molecule has 1 N–H and O–H groups in total. The molecule has 1 aliphatic rings. The van der Waals surface area contributed by atoms with Gasteiger partial charge in [0.1, 0.15) is 6.42 Å². The minimum Gasteiger partial charge on any atom is -0.481 e. The summed E-state index contributed by atoms with van der Waals surface area (Å²) in [5, 5.41) is 18.8. The van der Waals surface area contributed by atoms with E-state index in [1.54, 1.807) is 11.0 Å². The lowest BCUT2D eigenvalue weighted by Gasteiger charge is -2.24. The fourth-order valence-electron chi connectivity index (χ4n) is 5.07. The van der Waals surface area contributed by atoms with E-state index in [2.05, 4.69) is 18.2 Å². The first-order valence-corrected chi connectivity index (χ1v) is 12.5. The summed E-state index contributed by atoms with van der Waals surface area (Å²) in [6.07, 6.45) is 2.65. The standard InChI is InChI=1S/C33H26N2O3/c34-18-17-31-29-12-5-4-9-25(29)14-15-27-19-23(13-16-30(27)31)22-35(32(36)21-33(37)38)28-11-6-10-26(20-28)24-7-2-1-3-8-24/h1-13,16-17,19-20H,14-15,21-22H2,(H,37,38)/b31-17+. The zero-order valence-electron chi connectivity index (χ0n) is 20.8. The van der Waals surface area contributed by atoms with E-state index in [4.69, 9.17) is 0 Å². The minimum absolute atomic E-state index is 0.238. The van der Waals surface area contributed by atoms with Gasteiger partial charge in [0.15, 0.2) is 0 Å². The van der Waals surface area contributed by atoms with Crippen LogP contribution in [0.15, 0.2) is 103 Å². The highest BCUT2D eigenvalue weighted by atomic mass is 16.4. The molecule has 4 aromatic carbocycles. The maximum atomic E-state index is 13.1. The third kappa shape index (κ3) is 5.25. The van der Waals surface area contributed by atoms with Crippen LogP contribution in [0.4, 0.5) is 5.69 Å². The lowest BCUT2D eigenvalue weighted by Crippen LogP contribution is -2.32. The lowest BCUT2D eigenvalue weighted by atomic mass is 9.93. The van der Waals surface area contributed by atoms with Crippen molar-refractivity contribution in [3.63, 3.8) is 0 Å². The molecule has 0 atom stereocenters. The van der Waals surface area contributed by atoms with Gasteiger partial charge < -0.3 is 10.0 Å². The van der Waals surface area contributed by atoms with Crippen LogP contribution < -0.4 is 4.90 Å². The van der Waals surface area contributed by atoms with Gasteiger partial charge in [-0.15, -0.1) is 0 Å². The van der Waals surface area contributed by atoms with Crippen LogP contribution in [0.2, 0.25) is 0 Å². The van der Waals surface area contributed by atoms with E-state index >= 15 is 0 Å². The van der Waals surface area contributed by atoms with Crippen molar-refractivity contribution >= 4 is 23.1 Å². The Bertz CT molecular complexity index is 1580. The van der Waals surface area contributed by atoms with Crippen molar-refractivity contribution in [1.29, 1.82) is 5.26 Å². The summed E-state index contributed by atoms with van der Waals surface area (Å²) >= 11 is 0. The van der Waals surface area contributed by atoms with Crippen LogP contribution in [-0.4, -0.2) is 17.0 Å². The van der Waals surface area contributed by atoms with E-state index in [9.17, 15) is 20.0 Å². The molecule has 4 aromatic rings. The first-order valence-electron chi connectivity index (χ1n) is 12.5. The molecule has 5 heteroatoms. The number of hydrogen-bond donors (Lipinski definition) is 1. The number of hydrogen-bond acceptors (Lipinski definition) is 3. The Morgan fingerprint density at radius 1 is 0.816 bits per heavy atom. The molecule has 0 aliphatic heterocycles. The normalized spacial score (nSPS) is 13.1. The number of anilines is 1. The lowest BCUT2D eigenvalue weighted by molar-refractivity contribution is -0.140. The van der Waals surface area contributed by atoms with Crippen LogP contribution in [0.25, 0.3) is 16.7 Å². The van der Waals surface area contributed by atoms with Crippen LogP contribution in [-0.2, 0) is 29.0 Å². The molecular weight excluding hydrogens is 472 g/mol. The summed E-state index contributed by atoms with van der Waals surface area (Å²) in [7, 11) is 0. The van der Waals surface area contributed by atoms with Gasteiger partial charge in [0.2, 0.25) is 5.91 Å². The van der Waals surface area contributed by atoms with Crippen molar-refractivity contribution in [2.45, 2.75) is 25.8 Å². The number of aliphatic carboxylic acids is 1. The van der Waals surface area contributed by atoms with Gasteiger partial charge in [-0.05, 0) is 69.5 Å². The van der Waals surface area contributed by atoms with Gasteiger partial charge >= 0.3 is 5.97 Å². The van der Waals surface area contributed by atoms with E-state index in [-0.39, 0.29) is 6.54 Å². The van der Waals surface area contributed by atoms with E-state index in [0.29, 0.717) is 5.69 Å². The predicted octanol–water partition coefficient (Wildman–Crippen LogP) is 6.42. The number of fused-ring (bicyclic) bond motifs is 2. The number of rotatable bonds is 6. The molecule has 5 nitrogen and oxygen atoms in total. The van der Waals surface area contributed by atoms with Crippen molar-refractivity contribution < 1.29 is 14.7 Å². The Kier molecular flexibility index (Phi) is 7.15. The maximum absolute atomic E-state index is 13.1. The summed E-state index contributed by atoms with van der Waals surface area (Å²) in [5.74, 6) is -1.64. The molecule has 5 rings (SSSR count). The summed E-state index contributed by atoms with van der Waals surface area (Å²) in [5.41, 5.74) is 8.78. The molecule has 0 bridgehead atoms. The van der Waals surface area contributed by atoms with Gasteiger partial charge in [-0.1, -0.05) is 84.9 Å². The van der Waals surface area contributed by atoms with Crippen LogP contribution in [0.1, 0.15) is 34.2 Å². The Morgan fingerprint density at radius 2 is 1.53 bits per heavy atom. The summed E-state index contributed by atoms with van der Waals surface area (Å²) in [4.78, 5) is 26.1. The number of carbonyl (C=O) groups excluding carboxylic acids is 1. The fourth-order valence-corrected chi connectivity index (χ4v) is 5.07. The molecule has 1 aliphatic carbocycles. The van der Waals surface area contributed by atoms with Gasteiger partial charge in [-0.25, -0.2) is 0 Å². The number of carboxylic acid groups (broad SMARTS) is 1. The van der Waals surface area contributed by atoms with Crippen molar-refractivity contribution in [1.82, 2.24) is 0 Å². The molecule has 0 radical (unpaired) electrons. The van der Waals surface area contributed by atoms with Crippen LogP contribution in [0.3, 0.4) is 0 Å². The highest BCUT2D eigenvalue weighted by Crippen LogP contribution is 2.34. The largest absolute Gasteiger partial charge is 0.481 e. The number of nitrogens with zero attached hydrogens (tertiary/aromatic N) is 2. The number of carboxylic acids is 1. The minimum atomic E-state index is -1.16. The molecule has 38 heavy (non-hydrogen) atoms. The Balaban J connectivity index is 1.51. The molecule has 0 saturated carbocycles. The van der Waals surface area contributed by atoms with Crippen LogP contribution in [0, 0.1) is 11.3 Å². The van der Waals surface area contributed by atoms with Gasteiger partial charge in [0.25, 0.3) is 0 Å². The summed E-state index contributed by atoms with van der Waals surface area (Å²) < 4.78 is 0. The molecule has 186 valence electrons. The number of benzene rings is 4. The average molecular weight is 499 g/mol. The van der Waals surface area contributed by atoms with Gasteiger partial charge in [0, 0.05) is 11.8 Å². The predicted molar refractivity (Wildman–Crippen MR) is 148 cm³/mol. The van der Waals surface area contributed by atoms with Gasteiger partial charge in [-0.2, -0.15) is 5.26 Å². The van der Waals surface area contributed by atoms with E-state index < -0.39 is 18.3 Å². The number of aryl methyl sites for hydroxylation is 2. The molecule has 0 unspecified atom stereocenters. The molecule has 0 spiro atoms. The summed E-state index contributed by atoms with van der Waals surface area (Å²) in [6, 6.07) is 33.9. The molecule has 0 saturated heterocycles. The first-order chi connectivity index (χ1) is 18.5. The molecule has 0 aromatic heterocycles. The smallest absolute Gasteiger partial charge is 0.312 e. The van der Waals surface area contributed by atoms with Crippen molar-refractivity contribution in [3.8, 4) is 17.2 Å². The van der Waals surface area contributed by atoms with Gasteiger partial charge in [-0.3, -0.25) is 9.59 Å². The zero-order chi connectivity index (χ0) is 26.5. The monoisotopic (exact) mass is 498 g/mol.